The first kappa shape index (κ1) is 49.4. The second-order valence-corrected chi connectivity index (χ2v) is 21.0. The molecule has 0 saturated heterocycles. The molecule has 0 bridgehead atoms. The number of benzene rings is 11. The van der Waals surface area contributed by atoms with Crippen LogP contribution in [0.3, 0.4) is 0 Å². The molecule has 0 radical (unpaired) electrons. The summed E-state index contributed by atoms with van der Waals surface area (Å²) in [5, 5.41) is 25.3. The lowest BCUT2D eigenvalue weighted by atomic mass is 9.93. The largest absolute Gasteiger partial charge is 0.416 e. The molecule has 13 rings (SSSR count). The van der Waals surface area contributed by atoms with E-state index in [-0.39, 0.29) is 5.56 Å². The van der Waals surface area contributed by atoms with E-state index in [9.17, 15) is 23.7 Å². The third kappa shape index (κ3) is 8.67. The first-order chi connectivity index (χ1) is 38.8. The highest BCUT2D eigenvalue weighted by Crippen LogP contribution is 2.46. The van der Waals surface area contributed by atoms with Crippen LogP contribution in [0.1, 0.15) is 38.9 Å². The summed E-state index contributed by atoms with van der Waals surface area (Å²) in [4.78, 5) is 0. The van der Waals surface area contributed by atoms with Crippen LogP contribution in [0.15, 0.2) is 224 Å². The number of nitriles is 2. The molecule has 11 aromatic carbocycles. The zero-order chi connectivity index (χ0) is 55.0. The fourth-order valence-corrected chi connectivity index (χ4v) is 11.8. The van der Waals surface area contributed by atoms with Crippen molar-refractivity contribution in [1.82, 2.24) is 9.13 Å². The SMILES string of the molecule is Cc1cccc(-c2ccc3c(c2)c2cc(-c4cccc(C)c4)ccc2n3-c2cc(C#N)ccc2-c2ccc(-c3ccc(C(F)(F)F)cc3C#N)cc2-n2c3ccc(-c4cccc(C)c4)cc3c3cc(-c4cccc(C)c4)ccc32)c1. The Kier molecular flexibility index (Phi) is 11.9. The Labute approximate surface area is 461 Å². The van der Waals surface area contributed by atoms with Gasteiger partial charge in [0.25, 0.3) is 0 Å². The molecule has 2 heterocycles. The van der Waals surface area contributed by atoms with Crippen LogP contribution in [0.4, 0.5) is 13.2 Å². The summed E-state index contributed by atoms with van der Waals surface area (Å²) in [6, 6.07) is 79.8. The molecule has 2 aromatic heterocycles. The number of rotatable bonds is 8. The number of halogens is 3. The number of aryl methyl sites for hydroxylation is 4. The summed E-state index contributed by atoms with van der Waals surface area (Å²) in [5.74, 6) is 0. The van der Waals surface area contributed by atoms with Crippen molar-refractivity contribution in [2.75, 3.05) is 0 Å². The molecule has 0 aliphatic heterocycles. The van der Waals surface area contributed by atoms with Gasteiger partial charge in [0.1, 0.15) is 0 Å². The number of alkyl halides is 3. The molecule has 0 aliphatic carbocycles. The monoisotopic (exact) mass is 1040 g/mol. The number of hydrogen-bond acceptors (Lipinski definition) is 2. The fourth-order valence-electron chi connectivity index (χ4n) is 11.8. The van der Waals surface area contributed by atoms with Gasteiger partial charge in [-0.1, -0.05) is 168 Å². The topological polar surface area (TPSA) is 57.4 Å². The van der Waals surface area contributed by atoms with Crippen LogP contribution >= 0.6 is 0 Å². The Morgan fingerprint density at radius 2 is 0.675 bits per heavy atom. The molecule has 0 saturated carbocycles. The number of fused-ring (bicyclic) bond motifs is 6. The second kappa shape index (κ2) is 19.4. The normalized spacial score (nSPS) is 11.7. The first-order valence-electron chi connectivity index (χ1n) is 26.6. The quantitative estimate of drug-likeness (QED) is 0.152. The maximum Gasteiger partial charge on any atom is 0.416 e. The van der Waals surface area contributed by atoms with Crippen LogP contribution in [0.5, 0.6) is 0 Å². The molecular weight excluding hydrogens is 990 g/mol. The highest BCUT2D eigenvalue weighted by molar-refractivity contribution is 6.14. The van der Waals surface area contributed by atoms with Crippen molar-refractivity contribution in [1.29, 1.82) is 10.5 Å². The Morgan fingerprint density at radius 3 is 1.04 bits per heavy atom. The molecule has 13 aromatic rings. The Morgan fingerprint density at radius 1 is 0.325 bits per heavy atom. The van der Waals surface area contributed by atoms with Crippen LogP contribution in [-0.4, -0.2) is 9.13 Å². The van der Waals surface area contributed by atoms with E-state index in [0.717, 1.165) is 145 Å². The average Bonchev–Trinajstić information content (AvgIpc) is 4.17. The van der Waals surface area contributed by atoms with Crippen LogP contribution in [0.2, 0.25) is 0 Å². The number of hydrogen-bond donors (Lipinski definition) is 0. The number of nitrogens with zero attached hydrogens (tertiary/aromatic N) is 4. The Balaban J connectivity index is 1.12. The Bertz CT molecular complexity index is 4580. The van der Waals surface area contributed by atoms with E-state index in [1.807, 2.05) is 36.4 Å². The minimum Gasteiger partial charge on any atom is -0.309 e. The van der Waals surface area contributed by atoms with Crippen LogP contribution in [0, 0.1) is 50.4 Å². The minimum atomic E-state index is -4.64. The predicted molar refractivity (Wildman–Crippen MR) is 321 cm³/mol. The van der Waals surface area contributed by atoms with Gasteiger partial charge in [0.05, 0.1) is 62.3 Å². The smallest absolute Gasteiger partial charge is 0.309 e. The number of aromatic nitrogens is 2. The molecule has 0 fully saturated rings. The summed E-state index contributed by atoms with van der Waals surface area (Å²) in [6.07, 6.45) is -4.64. The van der Waals surface area contributed by atoms with Crippen molar-refractivity contribution >= 4 is 43.6 Å². The van der Waals surface area contributed by atoms with Gasteiger partial charge in [-0.05, 0) is 162 Å². The molecule has 0 aliphatic rings. The molecule has 4 nitrogen and oxygen atoms in total. The van der Waals surface area contributed by atoms with Gasteiger partial charge in [-0.25, -0.2) is 0 Å². The Hall–Kier alpha value is -10.2. The summed E-state index contributed by atoms with van der Waals surface area (Å²) >= 11 is 0. The van der Waals surface area contributed by atoms with E-state index in [1.165, 1.54) is 6.07 Å². The maximum atomic E-state index is 14.2. The van der Waals surface area contributed by atoms with Crippen LogP contribution < -0.4 is 0 Å². The summed E-state index contributed by atoms with van der Waals surface area (Å²) in [6.45, 7) is 8.38. The standard InChI is InChI=1S/C73H49F3N4/c1-44-9-5-13-49(31-44)53-19-27-67-63(37-53)64-38-54(50-14-6-10-45(2)32-50)20-28-68(64)79(67)71-35-48(42-77)17-24-61(71)62-25-18-57(60-26-23-59(73(74,75)76)36-58(60)43-78)41-72(62)80-69-29-21-55(51-15-7-11-46(3)33-51)39-65(69)66-40-56(22-30-70(66)80)52-16-8-12-47(4)34-52/h5-41H,1-4H3. The molecule has 382 valence electrons. The molecule has 0 unspecified atom stereocenters. The molecule has 0 N–H and O–H groups in total. The summed E-state index contributed by atoms with van der Waals surface area (Å²) in [7, 11) is 0. The van der Waals surface area contributed by atoms with Gasteiger partial charge in [-0.2, -0.15) is 23.7 Å². The van der Waals surface area contributed by atoms with Crippen LogP contribution in [0.25, 0.3) is 122 Å². The highest BCUT2D eigenvalue weighted by Gasteiger charge is 2.31. The van der Waals surface area contributed by atoms with Crippen molar-refractivity contribution < 1.29 is 13.2 Å². The van der Waals surface area contributed by atoms with Crippen molar-refractivity contribution in [3.63, 3.8) is 0 Å². The predicted octanol–water partition coefficient (Wildman–Crippen LogP) is 19.9. The molecule has 0 atom stereocenters. The van der Waals surface area contributed by atoms with Crippen molar-refractivity contribution in [3.05, 3.63) is 263 Å². The minimum absolute atomic E-state index is 0.0919. The van der Waals surface area contributed by atoms with Gasteiger partial charge in [0, 0.05) is 32.7 Å². The van der Waals surface area contributed by atoms with Crippen molar-refractivity contribution in [2.24, 2.45) is 0 Å². The lowest BCUT2D eigenvalue weighted by molar-refractivity contribution is -0.137. The van der Waals surface area contributed by atoms with Gasteiger partial charge >= 0.3 is 6.18 Å². The zero-order valence-corrected chi connectivity index (χ0v) is 44.3. The van der Waals surface area contributed by atoms with Gasteiger partial charge in [-0.3, -0.25) is 0 Å². The third-order valence-corrected chi connectivity index (χ3v) is 15.6. The van der Waals surface area contributed by atoms with E-state index in [0.29, 0.717) is 16.7 Å². The third-order valence-electron chi connectivity index (χ3n) is 15.6. The summed E-state index contributed by atoms with van der Waals surface area (Å²) < 4.78 is 47.2. The van der Waals surface area contributed by atoms with E-state index >= 15 is 0 Å². The first-order valence-corrected chi connectivity index (χ1v) is 26.6. The molecule has 0 spiro atoms. The van der Waals surface area contributed by atoms with Crippen LogP contribution in [-0.2, 0) is 6.18 Å². The molecular formula is C73H49F3N4. The van der Waals surface area contributed by atoms with E-state index in [4.69, 9.17) is 0 Å². The van der Waals surface area contributed by atoms with Gasteiger partial charge in [0.2, 0.25) is 0 Å². The van der Waals surface area contributed by atoms with Gasteiger partial charge in [0.15, 0.2) is 0 Å². The highest BCUT2D eigenvalue weighted by atomic mass is 19.4. The van der Waals surface area contributed by atoms with Crippen molar-refractivity contribution in [2.45, 2.75) is 33.9 Å². The van der Waals surface area contributed by atoms with E-state index < -0.39 is 11.7 Å². The average molecular weight is 1040 g/mol. The lowest BCUT2D eigenvalue weighted by Gasteiger charge is -2.20. The maximum absolute atomic E-state index is 14.2. The molecule has 0 amide bonds. The zero-order valence-electron chi connectivity index (χ0n) is 44.3. The van der Waals surface area contributed by atoms with Gasteiger partial charge < -0.3 is 9.13 Å². The van der Waals surface area contributed by atoms with E-state index in [2.05, 4.69) is 219 Å². The lowest BCUT2D eigenvalue weighted by Crippen LogP contribution is -2.05. The van der Waals surface area contributed by atoms with E-state index in [1.54, 1.807) is 0 Å². The molecule has 7 heteroatoms. The molecule has 80 heavy (non-hydrogen) atoms. The summed E-state index contributed by atoms with van der Waals surface area (Å²) in [5.41, 5.74) is 20.5. The van der Waals surface area contributed by atoms with Gasteiger partial charge in [-0.15, -0.1) is 0 Å². The van der Waals surface area contributed by atoms with Crippen molar-refractivity contribution in [3.8, 4) is 90.3 Å². The second-order valence-electron chi connectivity index (χ2n) is 21.0. The fraction of sp³-hybridized carbons (Fsp3) is 0.0685.